The molecule has 0 aromatic carbocycles. The van der Waals surface area contributed by atoms with Crippen LogP contribution < -0.4 is 0 Å². The lowest BCUT2D eigenvalue weighted by atomic mass is 9.78. The lowest BCUT2D eigenvalue weighted by Crippen LogP contribution is -2.14. The van der Waals surface area contributed by atoms with Crippen molar-refractivity contribution in [2.45, 2.75) is 117 Å². The van der Waals surface area contributed by atoms with Crippen molar-refractivity contribution in [3.63, 3.8) is 0 Å². The SMILES string of the molecule is C/C=C/CCC1CCC(C/C=C\CC2CCC(CCCCC)CC2)CC1. The summed E-state index contributed by atoms with van der Waals surface area (Å²) in [4.78, 5) is 0. The molecule has 2 saturated carbocycles. The molecule has 0 aromatic rings. The zero-order valence-corrected chi connectivity index (χ0v) is 17.9. The Balaban J connectivity index is 1.50. The smallest absolute Gasteiger partial charge is 0.0322 e. The molecule has 0 aliphatic heterocycles. The Morgan fingerprint density at radius 3 is 1.62 bits per heavy atom. The molecule has 2 aliphatic carbocycles. The van der Waals surface area contributed by atoms with Gasteiger partial charge in [0.05, 0.1) is 0 Å². The topological polar surface area (TPSA) is 0 Å². The molecule has 0 bridgehead atoms. The van der Waals surface area contributed by atoms with E-state index in [-0.39, 0.29) is 0 Å². The van der Waals surface area contributed by atoms with Gasteiger partial charge in [0.15, 0.2) is 0 Å². The Labute approximate surface area is 164 Å². The van der Waals surface area contributed by atoms with Gasteiger partial charge in [-0.3, -0.25) is 0 Å². The zero-order valence-electron chi connectivity index (χ0n) is 17.9. The van der Waals surface area contributed by atoms with Gasteiger partial charge in [-0.15, -0.1) is 0 Å². The number of hydrogen-bond acceptors (Lipinski definition) is 0. The number of unbranched alkanes of at least 4 members (excludes halogenated alkanes) is 2. The number of hydrogen-bond donors (Lipinski definition) is 0. The van der Waals surface area contributed by atoms with Crippen LogP contribution in [-0.4, -0.2) is 0 Å². The molecule has 0 radical (unpaired) electrons. The summed E-state index contributed by atoms with van der Waals surface area (Å²) in [6.45, 7) is 4.46. The summed E-state index contributed by atoms with van der Waals surface area (Å²) < 4.78 is 0. The van der Waals surface area contributed by atoms with E-state index in [0.29, 0.717) is 0 Å². The molecule has 150 valence electrons. The zero-order chi connectivity index (χ0) is 18.5. The molecule has 0 N–H and O–H groups in total. The Hall–Kier alpha value is -0.520. The van der Waals surface area contributed by atoms with Crippen LogP contribution in [0.5, 0.6) is 0 Å². The Morgan fingerprint density at radius 2 is 1.12 bits per heavy atom. The van der Waals surface area contributed by atoms with Crippen molar-refractivity contribution >= 4 is 0 Å². The van der Waals surface area contributed by atoms with E-state index in [2.05, 4.69) is 38.2 Å². The fourth-order valence-electron chi connectivity index (χ4n) is 5.27. The average molecular weight is 359 g/mol. The van der Waals surface area contributed by atoms with Crippen LogP contribution in [0, 0.1) is 23.7 Å². The van der Waals surface area contributed by atoms with Gasteiger partial charge in [-0.2, -0.15) is 0 Å². The molecule has 2 aliphatic rings. The van der Waals surface area contributed by atoms with E-state index in [0.717, 1.165) is 23.7 Å². The first-order valence-corrected chi connectivity index (χ1v) is 12.1. The largest absolute Gasteiger partial charge is 0.0917 e. The summed E-state index contributed by atoms with van der Waals surface area (Å²) in [5, 5.41) is 0. The van der Waals surface area contributed by atoms with Crippen LogP contribution in [0.15, 0.2) is 24.3 Å². The van der Waals surface area contributed by atoms with E-state index in [1.165, 1.54) is 103 Å². The maximum atomic E-state index is 2.54. The monoisotopic (exact) mass is 358 g/mol. The van der Waals surface area contributed by atoms with Crippen LogP contribution >= 0.6 is 0 Å². The van der Waals surface area contributed by atoms with Crippen molar-refractivity contribution in [2.24, 2.45) is 23.7 Å². The van der Waals surface area contributed by atoms with Gasteiger partial charge in [0.25, 0.3) is 0 Å². The van der Waals surface area contributed by atoms with Crippen LogP contribution in [0.4, 0.5) is 0 Å². The molecule has 2 fully saturated rings. The lowest BCUT2D eigenvalue weighted by molar-refractivity contribution is 0.258. The molecule has 0 heteroatoms. The molecule has 2 rings (SSSR count). The van der Waals surface area contributed by atoms with Crippen LogP contribution in [0.1, 0.15) is 117 Å². The Bertz CT molecular complexity index is 375. The maximum Gasteiger partial charge on any atom is -0.0322 e. The van der Waals surface area contributed by atoms with E-state index in [1.54, 1.807) is 0 Å². The summed E-state index contributed by atoms with van der Waals surface area (Å²) >= 11 is 0. The Kier molecular flexibility index (Phi) is 11.4. The first kappa shape index (κ1) is 21.8. The van der Waals surface area contributed by atoms with Crippen LogP contribution in [0.2, 0.25) is 0 Å². The van der Waals surface area contributed by atoms with Gasteiger partial charge in [-0.25, -0.2) is 0 Å². The fourth-order valence-corrected chi connectivity index (χ4v) is 5.27. The van der Waals surface area contributed by atoms with Gasteiger partial charge < -0.3 is 0 Å². The summed E-state index contributed by atoms with van der Waals surface area (Å²) in [6.07, 6.45) is 32.8. The molecule has 26 heavy (non-hydrogen) atoms. The van der Waals surface area contributed by atoms with Gasteiger partial charge in [0.2, 0.25) is 0 Å². The maximum absolute atomic E-state index is 2.54. The second-order valence-corrected chi connectivity index (χ2v) is 9.36. The molecular weight excluding hydrogens is 312 g/mol. The van der Waals surface area contributed by atoms with E-state index < -0.39 is 0 Å². The summed E-state index contributed by atoms with van der Waals surface area (Å²) in [7, 11) is 0. The first-order valence-electron chi connectivity index (χ1n) is 12.1. The summed E-state index contributed by atoms with van der Waals surface area (Å²) in [5.41, 5.74) is 0. The fraction of sp³-hybridized carbons (Fsp3) is 0.846. The second-order valence-electron chi connectivity index (χ2n) is 9.36. The third-order valence-electron chi connectivity index (χ3n) is 7.23. The summed E-state index contributed by atoms with van der Waals surface area (Å²) in [5.74, 6) is 4.05. The standard InChI is InChI=1S/C26H46/c1-3-5-7-11-23-15-19-25(20-16-23)13-9-10-14-26-21-17-24(18-22-26)12-8-6-4-2/h3,5,9-10,23-26H,4,6-8,11-22H2,1-2H3/b5-3+,10-9-. The highest BCUT2D eigenvalue weighted by atomic mass is 14.3. The highest BCUT2D eigenvalue weighted by Crippen LogP contribution is 2.35. The lowest BCUT2D eigenvalue weighted by Gasteiger charge is -2.28. The molecule has 0 saturated heterocycles. The minimum atomic E-state index is 0.985. The van der Waals surface area contributed by atoms with Crippen molar-refractivity contribution in [3.8, 4) is 0 Å². The molecule has 0 unspecified atom stereocenters. The predicted molar refractivity (Wildman–Crippen MR) is 117 cm³/mol. The van der Waals surface area contributed by atoms with E-state index in [9.17, 15) is 0 Å². The summed E-state index contributed by atoms with van der Waals surface area (Å²) in [6, 6.07) is 0. The van der Waals surface area contributed by atoms with E-state index >= 15 is 0 Å². The highest BCUT2D eigenvalue weighted by molar-refractivity contribution is 4.89. The predicted octanol–water partition coefficient (Wildman–Crippen LogP) is 8.87. The van der Waals surface area contributed by atoms with Crippen molar-refractivity contribution in [1.82, 2.24) is 0 Å². The minimum Gasteiger partial charge on any atom is -0.0917 e. The van der Waals surface area contributed by atoms with Crippen LogP contribution in [0.3, 0.4) is 0 Å². The van der Waals surface area contributed by atoms with Crippen molar-refractivity contribution < 1.29 is 0 Å². The van der Waals surface area contributed by atoms with E-state index in [1.807, 2.05) is 0 Å². The van der Waals surface area contributed by atoms with Gasteiger partial charge in [0.1, 0.15) is 0 Å². The van der Waals surface area contributed by atoms with Gasteiger partial charge in [-0.1, -0.05) is 82.6 Å². The van der Waals surface area contributed by atoms with Crippen molar-refractivity contribution in [2.75, 3.05) is 0 Å². The van der Waals surface area contributed by atoms with Gasteiger partial charge >= 0.3 is 0 Å². The molecule has 0 spiro atoms. The number of allylic oxidation sites excluding steroid dienone is 4. The van der Waals surface area contributed by atoms with Crippen molar-refractivity contribution in [3.05, 3.63) is 24.3 Å². The van der Waals surface area contributed by atoms with Gasteiger partial charge in [-0.05, 0) is 82.0 Å². The molecule has 0 amide bonds. The van der Waals surface area contributed by atoms with Crippen LogP contribution in [-0.2, 0) is 0 Å². The minimum absolute atomic E-state index is 0.985. The second kappa shape index (κ2) is 13.6. The third kappa shape index (κ3) is 8.92. The number of rotatable bonds is 11. The molecular formula is C26H46. The van der Waals surface area contributed by atoms with Crippen molar-refractivity contribution in [1.29, 1.82) is 0 Å². The average Bonchev–Trinajstić information content (AvgIpc) is 2.68. The molecule has 0 nitrogen and oxygen atoms in total. The molecule has 0 aromatic heterocycles. The van der Waals surface area contributed by atoms with Gasteiger partial charge in [0, 0.05) is 0 Å². The third-order valence-corrected chi connectivity index (χ3v) is 7.23. The van der Waals surface area contributed by atoms with Crippen LogP contribution in [0.25, 0.3) is 0 Å². The first-order chi connectivity index (χ1) is 12.8. The quantitative estimate of drug-likeness (QED) is 0.255. The molecule has 0 heterocycles. The van der Waals surface area contributed by atoms with E-state index in [4.69, 9.17) is 0 Å². The Morgan fingerprint density at radius 1 is 0.615 bits per heavy atom. The molecule has 0 atom stereocenters. The normalized spacial score (nSPS) is 30.4. The highest BCUT2D eigenvalue weighted by Gasteiger charge is 2.21.